The van der Waals surface area contributed by atoms with Crippen LogP contribution >= 0.6 is 11.8 Å². The molecule has 0 saturated heterocycles. The molecule has 2 unspecified atom stereocenters. The molecule has 2 atom stereocenters. The summed E-state index contributed by atoms with van der Waals surface area (Å²) >= 11 is 1.73. The Kier molecular flexibility index (Phi) is 6.12. The summed E-state index contributed by atoms with van der Waals surface area (Å²) in [6, 6.07) is 20.7. The van der Waals surface area contributed by atoms with Crippen molar-refractivity contribution >= 4 is 11.8 Å². The Morgan fingerprint density at radius 3 is 2.15 bits per heavy atom. The van der Waals surface area contributed by atoms with E-state index in [1.165, 1.54) is 11.1 Å². The summed E-state index contributed by atoms with van der Waals surface area (Å²) in [4.78, 5) is 0. The molecule has 20 heavy (non-hydrogen) atoms. The van der Waals surface area contributed by atoms with Gasteiger partial charge in [0.05, 0.1) is 6.61 Å². The second-order valence-corrected chi connectivity index (χ2v) is 6.03. The number of hydrogen-bond acceptors (Lipinski definition) is 3. The molecular weight excluding hydrogens is 266 g/mol. The molecule has 2 aromatic rings. The van der Waals surface area contributed by atoms with Gasteiger partial charge in [-0.2, -0.15) is 0 Å². The number of thioether (sulfide) groups is 1. The molecule has 2 aromatic carbocycles. The summed E-state index contributed by atoms with van der Waals surface area (Å²) in [5.41, 5.74) is 8.91. The molecule has 0 aromatic heterocycles. The molecular formula is C17H21NOS. The maximum atomic E-state index is 9.07. The van der Waals surface area contributed by atoms with Crippen LogP contribution in [-0.2, 0) is 6.42 Å². The first-order valence-corrected chi connectivity index (χ1v) is 7.93. The molecule has 0 amide bonds. The number of hydrogen-bond donors (Lipinski definition) is 2. The van der Waals surface area contributed by atoms with Gasteiger partial charge in [-0.05, 0) is 17.5 Å². The van der Waals surface area contributed by atoms with Crippen LogP contribution < -0.4 is 5.73 Å². The summed E-state index contributed by atoms with van der Waals surface area (Å²) in [5, 5.41) is 9.28. The van der Waals surface area contributed by atoms with Gasteiger partial charge in [0.15, 0.2) is 0 Å². The van der Waals surface area contributed by atoms with Gasteiger partial charge in [0, 0.05) is 17.0 Å². The lowest BCUT2D eigenvalue weighted by Gasteiger charge is -2.24. The molecule has 0 radical (unpaired) electrons. The van der Waals surface area contributed by atoms with Crippen molar-refractivity contribution in [3.05, 3.63) is 71.8 Å². The van der Waals surface area contributed by atoms with Crippen molar-refractivity contribution in [2.75, 3.05) is 12.4 Å². The molecule has 2 rings (SSSR count). The fraction of sp³-hybridized carbons (Fsp3) is 0.294. The first kappa shape index (κ1) is 15.1. The van der Waals surface area contributed by atoms with Crippen molar-refractivity contribution in [2.24, 2.45) is 5.73 Å². The van der Waals surface area contributed by atoms with Crippen LogP contribution in [0.5, 0.6) is 0 Å². The molecule has 0 spiro atoms. The minimum atomic E-state index is 0.0383. The Morgan fingerprint density at radius 2 is 1.55 bits per heavy atom. The second-order valence-electron chi connectivity index (χ2n) is 4.78. The molecule has 3 heteroatoms. The SMILES string of the molecule is NC(Cc1ccccc1)C(SCCO)c1ccccc1. The lowest BCUT2D eigenvalue weighted by Crippen LogP contribution is -2.29. The maximum absolute atomic E-state index is 9.07. The molecule has 0 bridgehead atoms. The van der Waals surface area contributed by atoms with Gasteiger partial charge in [0.2, 0.25) is 0 Å². The number of aliphatic hydroxyl groups excluding tert-OH is 1. The highest BCUT2D eigenvalue weighted by atomic mass is 32.2. The molecule has 3 N–H and O–H groups in total. The van der Waals surface area contributed by atoms with E-state index in [2.05, 4.69) is 24.3 Å². The van der Waals surface area contributed by atoms with Crippen molar-refractivity contribution in [1.82, 2.24) is 0 Å². The lowest BCUT2D eigenvalue weighted by atomic mass is 9.99. The number of nitrogens with two attached hydrogens (primary N) is 1. The Morgan fingerprint density at radius 1 is 0.950 bits per heavy atom. The van der Waals surface area contributed by atoms with Gasteiger partial charge in [-0.1, -0.05) is 60.7 Å². The fourth-order valence-electron chi connectivity index (χ4n) is 2.28. The van der Waals surface area contributed by atoms with Crippen LogP contribution in [0, 0.1) is 0 Å². The van der Waals surface area contributed by atoms with Crippen LogP contribution in [0.3, 0.4) is 0 Å². The third-order valence-corrected chi connectivity index (χ3v) is 4.62. The van der Waals surface area contributed by atoms with Crippen LogP contribution in [0.4, 0.5) is 0 Å². The minimum Gasteiger partial charge on any atom is -0.396 e. The predicted octanol–water partition coefficient (Wildman–Crippen LogP) is 3.02. The third kappa shape index (κ3) is 4.37. The van der Waals surface area contributed by atoms with Crippen LogP contribution in [0.25, 0.3) is 0 Å². The molecule has 0 aliphatic carbocycles. The average molecular weight is 287 g/mol. The second kappa shape index (κ2) is 8.10. The van der Waals surface area contributed by atoms with Gasteiger partial charge in [-0.15, -0.1) is 11.8 Å². The van der Waals surface area contributed by atoms with Crippen molar-refractivity contribution in [3.8, 4) is 0 Å². The molecule has 0 fully saturated rings. The van der Waals surface area contributed by atoms with E-state index in [4.69, 9.17) is 10.8 Å². The standard InChI is InChI=1S/C17H21NOS/c18-16(13-14-7-3-1-4-8-14)17(20-12-11-19)15-9-5-2-6-10-15/h1-10,16-17,19H,11-13,18H2. The van der Waals surface area contributed by atoms with Crippen molar-refractivity contribution < 1.29 is 5.11 Å². The van der Waals surface area contributed by atoms with E-state index in [-0.39, 0.29) is 17.9 Å². The Bertz CT molecular complexity index is 489. The molecule has 0 aliphatic heterocycles. The zero-order valence-corrected chi connectivity index (χ0v) is 12.3. The van der Waals surface area contributed by atoms with Crippen LogP contribution in [0.15, 0.2) is 60.7 Å². The highest BCUT2D eigenvalue weighted by Crippen LogP contribution is 2.32. The van der Waals surface area contributed by atoms with Gasteiger partial charge in [-0.25, -0.2) is 0 Å². The maximum Gasteiger partial charge on any atom is 0.0521 e. The summed E-state index contributed by atoms with van der Waals surface area (Å²) in [6.07, 6.45) is 0.846. The van der Waals surface area contributed by atoms with E-state index < -0.39 is 0 Å². The van der Waals surface area contributed by atoms with E-state index in [0.29, 0.717) is 5.75 Å². The molecule has 2 nitrogen and oxygen atoms in total. The van der Waals surface area contributed by atoms with Gasteiger partial charge in [-0.3, -0.25) is 0 Å². The summed E-state index contributed by atoms with van der Waals surface area (Å²) in [7, 11) is 0. The van der Waals surface area contributed by atoms with Crippen molar-refractivity contribution in [3.63, 3.8) is 0 Å². The average Bonchev–Trinajstić information content (AvgIpc) is 2.50. The first-order valence-electron chi connectivity index (χ1n) is 6.88. The quantitative estimate of drug-likeness (QED) is 0.823. The highest BCUT2D eigenvalue weighted by molar-refractivity contribution is 7.99. The fourth-order valence-corrected chi connectivity index (χ4v) is 3.34. The highest BCUT2D eigenvalue weighted by Gasteiger charge is 2.20. The number of rotatable bonds is 7. The Hall–Kier alpha value is -1.29. The monoisotopic (exact) mass is 287 g/mol. The van der Waals surface area contributed by atoms with Crippen LogP contribution in [0.1, 0.15) is 16.4 Å². The minimum absolute atomic E-state index is 0.0383. The molecule has 0 aliphatic rings. The Labute approximate surface area is 125 Å². The molecule has 106 valence electrons. The molecule has 0 heterocycles. The van der Waals surface area contributed by atoms with Crippen molar-refractivity contribution in [1.29, 1.82) is 0 Å². The topological polar surface area (TPSA) is 46.2 Å². The Balaban J connectivity index is 2.10. The van der Waals surface area contributed by atoms with E-state index >= 15 is 0 Å². The van der Waals surface area contributed by atoms with Crippen LogP contribution in [0.2, 0.25) is 0 Å². The first-order chi connectivity index (χ1) is 9.81. The van der Waals surface area contributed by atoms with Gasteiger partial charge in [0.25, 0.3) is 0 Å². The van der Waals surface area contributed by atoms with Gasteiger partial charge < -0.3 is 10.8 Å². The third-order valence-electron chi connectivity index (χ3n) is 3.22. The van der Waals surface area contributed by atoms with Crippen molar-refractivity contribution in [2.45, 2.75) is 17.7 Å². The van der Waals surface area contributed by atoms with Crippen LogP contribution in [-0.4, -0.2) is 23.5 Å². The van der Waals surface area contributed by atoms with E-state index in [0.717, 1.165) is 6.42 Å². The molecule has 0 saturated carbocycles. The smallest absolute Gasteiger partial charge is 0.0521 e. The van der Waals surface area contributed by atoms with Gasteiger partial charge in [0.1, 0.15) is 0 Å². The lowest BCUT2D eigenvalue weighted by molar-refractivity contribution is 0.322. The largest absolute Gasteiger partial charge is 0.396 e. The van der Waals surface area contributed by atoms with Gasteiger partial charge >= 0.3 is 0 Å². The predicted molar refractivity (Wildman–Crippen MR) is 86.8 cm³/mol. The van der Waals surface area contributed by atoms with E-state index in [1.54, 1.807) is 11.8 Å². The number of aliphatic hydroxyl groups is 1. The number of benzene rings is 2. The zero-order valence-electron chi connectivity index (χ0n) is 11.5. The zero-order chi connectivity index (χ0) is 14.2. The van der Waals surface area contributed by atoms with E-state index in [9.17, 15) is 0 Å². The summed E-state index contributed by atoms with van der Waals surface area (Å²) in [5.74, 6) is 0.710. The normalized spacial score (nSPS) is 13.9. The van der Waals surface area contributed by atoms with E-state index in [1.807, 2.05) is 36.4 Å². The summed E-state index contributed by atoms with van der Waals surface area (Å²) < 4.78 is 0. The summed E-state index contributed by atoms with van der Waals surface area (Å²) in [6.45, 7) is 0.187.